The topological polar surface area (TPSA) is 46.2 Å². The number of ether oxygens (including phenoxy) is 5. The summed E-state index contributed by atoms with van der Waals surface area (Å²) in [5.74, 6) is -0.562. The molecular formula is C14H26O5. The molecule has 1 unspecified atom stereocenters. The predicted molar refractivity (Wildman–Crippen MR) is 69.8 cm³/mol. The van der Waals surface area contributed by atoms with Gasteiger partial charge in [0.2, 0.25) is 0 Å². The first kappa shape index (κ1) is 15.2. The highest BCUT2D eigenvalue weighted by molar-refractivity contribution is 4.90. The van der Waals surface area contributed by atoms with Gasteiger partial charge >= 0.3 is 0 Å². The zero-order chi connectivity index (χ0) is 13.9. The van der Waals surface area contributed by atoms with Gasteiger partial charge in [-0.1, -0.05) is 13.3 Å². The molecule has 0 aromatic heterocycles. The normalized spacial score (nSPS) is 37.3. The first-order valence-electron chi connectivity index (χ1n) is 7.17. The first-order valence-corrected chi connectivity index (χ1v) is 7.17. The second kappa shape index (κ2) is 6.50. The van der Waals surface area contributed by atoms with Gasteiger partial charge in [-0.25, -0.2) is 0 Å². The minimum Gasteiger partial charge on any atom is -0.379 e. The smallest absolute Gasteiger partial charge is 0.186 e. The van der Waals surface area contributed by atoms with Gasteiger partial charge in [-0.3, -0.25) is 0 Å². The summed E-state index contributed by atoms with van der Waals surface area (Å²) in [4.78, 5) is 0. The van der Waals surface area contributed by atoms with Gasteiger partial charge in [0.05, 0.1) is 18.8 Å². The van der Waals surface area contributed by atoms with E-state index in [0.29, 0.717) is 6.61 Å². The van der Waals surface area contributed by atoms with Crippen molar-refractivity contribution in [2.24, 2.45) is 0 Å². The van der Waals surface area contributed by atoms with Crippen LogP contribution in [0.25, 0.3) is 0 Å². The van der Waals surface area contributed by atoms with Gasteiger partial charge in [-0.05, 0) is 20.3 Å². The molecule has 0 bridgehead atoms. The van der Waals surface area contributed by atoms with Crippen LogP contribution in [0.2, 0.25) is 0 Å². The summed E-state index contributed by atoms with van der Waals surface area (Å²) in [6.07, 6.45) is 2.53. The fourth-order valence-electron chi connectivity index (χ4n) is 2.62. The summed E-state index contributed by atoms with van der Waals surface area (Å²) < 4.78 is 28.6. The van der Waals surface area contributed by atoms with Crippen molar-refractivity contribution in [2.45, 2.75) is 70.4 Å². The maximum absolute atomic E-state index is 5.90. The average molecular weight is 274 g/mol. The standard InChI is InChI=1S/C14H26O5/c1-5-6-7-16-9-10-8-11-12(13(15-4)17-10)19-14(2,3)18-11/h10-13H,5-9H2,1-4H3/t10?,11-,12-,13+/m0/s1. The minimum atomic E-state index is -0.562. The Balaban J connectivity index is 1.85. The van der Waals surface area contributed by atoms with Crippen molar-refractivity contribution >= 4 is 0 Å². The van der Waals surface area contributed by atoms with E-state index in [-0.39, 0.29) is 24.6 Å². The fourth-order valence-corrected chi connectivity index (χ4v) is 2.62. The molecule has 2 aliphatic rings. The van der Waals surface area contributed by atoms with Gasteiger partial charge in [0.25, 0.3) is 0 Å². The summed E-state index contributed by atoms with van der Waals surface area (Å²) in [6.45, 7) is 7.37. The van der Waals surface area contributed by atoms with Gasteiger partial charge in [0, 0.05) is 20.1 Å². The van der Waals surface area contributed by atoms with Crippen molar-refractivity contribution in [3.05, 3.63) is 0 Å². The second-order valence-electron chi connectivity index (χ2n) is 5.66. The summed E-state index contributed by atoms with van der Waals surface area (Å²) in [5.41, 5.74) is 0. The molecule has 2 fully saturated rings. The molecule has 0 amide bonds. The molecule has 0 N–H and O–H groups in total. The Kier molecular flexibility index (Phi) is 5.20. The van der Waals surface area contributed by atoms with E-state index < -0.39 is 5.79 Å². The van der Waals surface area contributed by atoms with Crippen LogP contribution in [0.1, 0.15) is 40.0 Å². The highest BCUT2D eigenvalue weighted by Crippen LogP contribution is 2.37. The molecule has 19 heavy (non-hydrogen) atoms. The molecular weight excluding hydrogens is 248 g/mol. The second-order valence-corrected chi connectivity index (χ2v) is 5.66. The van der Waals surface area contributed by atoms with Crippen molar-refractivity contribution < 1.29 is 23.7 Å². The number of unbranched alkanes of at least 4 members (excludes halogenated alkanes) is 1. The van der Waals surface area contributed by atoms with Crippen LogP contribution >= 0.6 is 0 Å². The molecule has 2 saturated heterocycles. The third-order valence-electron chi connectivity index (χ3n) is 3.49. The van der Waals surface area contributed by atoms with Crippen LogP contribution in [0, 0.1) is 0 Å². The molecule has 112 valence electrons. The van der Waals surface area contributed by atoms with E-state index in [1.165, 1.54) is 0 Å². The maximum Gasteiger partial charge on any atom is 0.186 e. The lowest BCUT2D eigenvalue weighted by atomic mass is 10.0. The van der Waals surface area contributed by atoms with E-state index in [1.807, 2.05) is 13.8 Å². The largest absolute Gasteiger partial charge is 0.379 e. The molecule has 2 aliphatic heterocycles. The quantitative estimate of drug-likeness (QED) is 0.694. The Hall–Kier alpha value is -0.200. The number of hydrogen-bond acceptors (Lipinski definition) is 5. The van der Waals surface area contributed by atoms with E-state index in [4.69, 9.17) is 23.7 Å². The number of hydrogen-bond donors (Lipinski definition) is 0. The number of methoxy groups -OCH3 is 1. The highest BCUT2D eigenvalue weighted by atomic mass is 16.8. The molecule has 0 aromatic carbocycles. The van der Waals surface area contributed by atoms with Gasteiger partial charge < -0.3 is 23.7 Å². The van der Waals surface area contributed by atoms with E-state index in [0.717, 1.165) is 25.9 Å². The van der Waals surface area contributed by atoms with Crippen molar-refractivity contribution in [1.82, 2.24) is 0 Å². The molecule has 2 rings (SSSR count). The molecule has 0 aliphatic carbocycles. The Morgan fingerprint density at radius 2 is 2.05 bits per heavy atom. The Labute approximate surface area is 115 Å². The molecule has 0 spiro atoms. The van der Waals surface area contributed by atoms with Crippen molar-refractivity contribution in [2.75, 3.05) is 20.3 Å². The van der Waals surface area contributed by atoms with Crippen molar-refractivity contribution in [1.29, 1.82) is 0 Å². The molecule has 0 radical (unpaired) electrons. The van der Waals surface area contributed by atoms with E-state index >= 15 is 0 Å². The minimum absolute atomic E-state index is 0.0144. The average Bonchev–Trinajstić information content (AvgIpc) is 2.67. The molecule has 4 atom stereocenters. The van der Waals surface area contributed by atoms with Crippen LogP contribution in [-0.4, -0.2) is 50.7 Å². The Morgan fingerprint density at radius 3 is 2.74 bits per heavy atom. The van der Waals surface area contributed by atoms with Crippen LogP contribution in [0.15, 0.2) is 0 Å². The lowest BCUT2D eigenvalue weighted by Crippen LogP contribution is -2.48. The maximum atomic E-state index is 5.90. The van der Waals surface area contributed by atoms with Crippen LogP contribution < -0.4 is 0 Å². The lowest BCUT2D eigenvalue weighted by Gasteiger charge is -2.35. The van der Waals surface area contributed by atoms with Crippen LogP contribution in [0.5, 0.6) is 0 Å². The Morgan fingerprint density at radius 1 is 1.26 bits per heavy atom. The van der Waals surface area contributed by atoms with Crippen LogP contribution in [-0.2, 0) is 23.7 Å². The summed E-state index contributed by atoms with van der Waals surface area (Å²) in [5, 5.41) is 0. The zero-order valence-corrected chi connectivity index (χ0v) is 12.4. The van der Waals surface area contributed by atoms with Crippen molar-refractivity contribution in [3.8, 4) is 0 Å². The Bertz CT molecular complexity index is 281. The third kappa shape index (κ3) is 3.89. The van der Waals surface area contributed by atoms with Crippen LogP contribution in [0.3, 0.4) is 0 Å². The summed E-state index contributed by atoms with van der Waals surface area (Å²) in [6, 6.07) is 0. The summed E-state index contributed by atoms with van der Waals surface area (Å²) >= 11 is 0. The lowest BCUT2D eigenvalue weighted by molar-refractivity contribution is -0.248. The van der Waals surface area contributed by atoms with Gasteiger partial charge in [-0.15, -0.1) is 0 Å². The monoisotopic (exact) mass is 274 g/mol. The van der Waals surface area contributed by atoms with Gasteiger partial charge in [0.15, 0.2) is 12.1 Å². The van der Waals surface area contributed by atoms with Crippen LogP contribution in [0.4, 0.5) is 0 Å². The zero-order valence-electron chi connectivity index (χ0n) is 12.4. The van der Waals surface area contributed by atoms with Crippen molar-refractivity contribution in [3.63, 3.8) is 0 Å². The molecule has 5 heteroatoms. The molecule has 0 saturated carbocycles. The predicted octanol–water partition coefficient (Wildman–Crippen LogP) is 2.08. The molecule has 0 aromatic rings. The highest BCUT2D eigenvalue weighted by Gasteiger charge is 2.50. The van der Waals surface area contributed by atoms with Gasteiger partial charge in [-0.2, -0.15) is 0 Å². The molecule has 5 nitrogen and oxygen atoms in total. The first-order chi connectivity index (χ1) is 9.05. The van der Waals surface area contributed by atoms with E-state index in [1.54, 1.807) is 7.11 Å². The number of fused-ring (bicyclic) bond motifs is 1. The van der Waals surface area contributed by atoms with E-state index in [2.05, 4.69) is 6.92 Å². The fraction of sp³-hybridized carbons (Fsp3) is 1.00. The third-order valence-corrected chi connectivity index (χ3v) is 3.49. The van der Waals surface area contributed by atoms with Gasteiger partial charge in [0.1, 0.15) is 6.10 Å². The van der Waals surface area contributed by atoms with E-state index in [9.17, 15) is 0 Å². The summed E-state index contributed by atoms with van der Waals surface area (Å²) in [7, 11) is 1.64. The molecule has 2 heterocycles. The SMILES string of the molecule is CCCCOCC1C[C@@H]2OC(C)(C)O[C@@H]2[C@H](OC)O1. The number of rotatable bonds is 6.